The summed E-state index contributed by atoms with van der Waals surface area (Å²) in [6.07, 6.45) is 0. The maximum absolute atomic E-state index is 13.6. The number of halogens is 1. The van der Waals surface area contributed by atoms with Gasteiger partial charge in [0.15, 0.2) is 24.0 Å². The van der Waals surface area contributed by atoms with E-state index in [0.717, 1.165) is 5.56 Å². The zero-order chi connectivity index (χ0) is 20.5. The number of carbonyl (C=O) groups excluding carboxylic acids is 1. The van der Waals surface area contributed by atoms with E-state index < -0.39 is 5.82 Å². The van der Waals surface area contributed by atoms with Crippen LogP contribution >= 0.6 is 0 Å². The van der Waals surface area contributed by atoms with Crippen LogP contribution in [-0.2, 0) is 16.2 Å². The molecule has 0 saturated carbocycles. The lowest BCUT2D eigenvalue weighted by Crippen LogP contribution is -2.19. The summed E-state index contributed by atoms with van der Waals surface area (Å²) >= 11 is 0. The Morgan fingerprint density at radius 2 is 1.66 bits per heavy atom. The van der Waals surface area contributed by atoms with E-state index in [2.05, 4.69) is 10.5 Å². The first-order valence-corrected chi connectivity index (χ1v) is 8.89. The van der Waals surface area contributed by atoms with Gasteiger partial charge in [-0.3, -0.25) is 4.79 Å². The number of nitrogens with two attached hydrogens (primary N) is 1. The van der Waals surface area contributed by atoms with Crippen molar-refractivity contribution in [2.75, 3.05) is 11.9 Å². The normalized spacial score (nSPS) is 11.0. The minimum Gasteiger partial charge on any atom is -0.486 e. The molecule has 3 aromatic rings. The molecule has 0 unspecified atom stereocenters. The van der Waals surface area contributed by atoms with Crippen molar-refractivity contribution in [3.63, 3.8) is 0 Å². The highest BCUT2D eigenvalue weighted by atomic mass is 19.1. The van der Waals surface area contributed by atoms with E-state index in [1.54, 1.807) is 54.6 Å². The Balaban J connectivity index is 1.48. The van der Waals surface area contributed by atoms with Gasteiger partial charge in [-0.05, 0) is 29.8 Å². The van der Waals surface area contributed by atoms with Crippen LogP contribution in [0.1, 0.15) is 11.1 Å². The predicted molar refractivity (Wildman–Crippen MR) is 109 cm³/mol. The van der Waals surface area contributed by atoms with Crippen molar-refractivity contribution in [1.82, 2.24) is 0 Å². The Bertz CT molecular complexity index is 976. The van der Waals surface area contributed by atoms with Crippen LogP contribution in [0.4, 0.5) is 10.1 Å². The molecular formula is C22H20FN3O3. The molecule has 3 aromatic carbocycles. The molecule has 0 saturated heterocycles. The molecule has 0 aliphatic carbocycles. The molecule has 148 valence electrons. The van der Waals surface area contributed by atoms with Crippen LogP contribution in [0.15, 0.2) is 84.0 Å². The molecule has 3 rings (SSSR count). The van der Waals surface area contributed by atoms with E-state index in [9.17, 15) is 9.18 Å². The quantitative estimate of drug-likeness (QED) is 0.347. The Morgan fingerprint density at radius 3 is 2.38 bits per heavy atom. The number of anilines is 1. The van der Waals surface area contributed by atoms with E-state index >= 15 is 0 Å². The largest absolute Gasteiger partial charge is 0.486 e. The highest BCUT2D eigenvalue weighted by molar-refractivity contribution is 5.97. The van der Waals surface area contributed by atoms with Crippen molar-refractivity contribution in [3.8, 4) is 5.75 Å². The highest BCUT2D eigenvalue weighted by Gasteiger charge is 2.05. The molecular weight excluding hydrogens is 373 g/mol. The molecule has 1 amide bonds. The first-order valence-electron chi connectivity index (χ1n) is 8.89. The first-order chi connectivity index (χ1) is 14.1. The number of hydrogen-bond acceptors (Lipinski definition) is 4. The van der Waals surface area contributed by atoms with Crippen molar-refractivity contribution in [3.05, 3.63) is 95.8 Å². The lowest BCUT2D eigenvalue weighted by molar-refractivity contribution is -0.120. The van der Waals surface area contributed by atoms with Crippen molar-refractivity contribution < 1.29 is 18.8 Å². The highest BCUT2D eigenvalue weighted by Crippen LogP contribution is 2.17. The molecule has 6 nitrogen and oxygen atoms in total. The van der Waals surface area contributed by atoms with Gasteiger partial charge in [0.2, 0.25) is 0 Å². The smallest absolute Gasteiger partial charge is 0.265 e. The molecule has 3 N–H and O–H groups in total. The maximum Gasteiger partial charge on any atom is 0.265 e. The van der Waals surface area contributed by atoms with Gasteiger partial charge in [0, 0.05) is 11.3 Å². The Kier molecular flexibility index (Phi) is 6.78. The summed E-state index contributed by atoms with van der Waals surface area (Å²) < 4.78 is 19.0. The topological polar surface area (TPSA) is 85.9 Å². The first kappa shape index (κ1) is 19.9. The number of oxime groups is 1. The molecule has 0 radical (unpaired) electrons. The molecule has 0 aliphatic rings. The number of amides is 1. The van der Waals surface area contributed by atoms with Gasteiger partial charge in [-0.2, -0.15) is 0 Å². The molecule has 0 atom stereocenters. The van der Waals surface area contributed by atoms with Crippen molar-refractivity contribution in [2.24, 2.45) is 10.9 Å². The minimum absolute atomic E-state index is 0.138. The Labute approximate surface area is 167 Å². The molecule has 0 spiro atoms. The van der Waals surface area contributed by atoms with Crippen LogP contribution in [0.2, 0.25) is 0 Å². The van der Waals surface area contributed by atoms with Gasteiger partial charge in [-0.1, -0.05) is 59.8 Å². The van der Waals surface area contributed by atoms with E-state index in [0.29, 0.717) is 11.3 Å². The fourth-order valence-corrected chi connectivity index (χ4v) is 2.43. The number of nitrogens with zero attached hydrogens (tertiary/aromatic N) is 1. The molecule has 7 heteroatoms. The average molecular weight is 393 g/mol. The van der Waals surface area contributed by atoms with Gasteiger partial charge < -0.3 is 20.6 Å². The monoisotopic (exact) mass is 393 g/mol. The van der Waals surface area contributed by atoms with Crippen molar-refractivity contribution >= 4 is 17.4 Å². The average Bonchev–Trinajstić information content (AvgIpc) is 2.74. The van der Waals surface area contributed by atoms with E-state index in [-0.39, 0.29) is 30.7 Å². The minimum atomic E-state index is -0.408. The van der Waals surface area contributed by atoms with Crippen LogP contribution in [0.3, 0.4) is 0 Å². The summed E-state index contributed by atoms with van der Waals surface area (Å²) in [7, 11) is 0. The zero-order valence-corrected chi connectivity index (χ0v) is 15.5. The van der Waals surface area contributed by atoms with Crippen LogP contribution in [0.5, 0.6) is 5.75 Å². The zero-order valence-electron chi connectivity index (χ0n) is 15.5. The van der Waals surface area contributed by atoms with E-state index in [4.69, 9.17) is 15.3 Å². The van der Waals surface area contributed by atoms with Gasteiger partial charge in [0.1, 0.15) is 6.61 Å². The van der Waals surface area contributed by atoms with Crippen LogP contribution in [-0.4, -0.2) is 18.3 Å². The number of benzene rings is 3. The molecule has 0 bridgehead atoms. The van der Waals surface area contributed by atoms with Gasteiger partial charge in [0.05, 0.1) is 0 Å². The molecule has 0 heterocycles. The lowest BCUT2D eigenvalue weighted by Gasteiger charge is -2.08. The number of hydrogen-bond donors (Lipinski definition) is 2. The number of carbonyl (C=O) groups is 1. The molecule has 0 aromatic heterocycles. The molecule has 0 fully saturated rings. The summed E-state index contributed by atoms with van der Waals surface area (Å²) in [6, 6.07) is 22.3. The lowest BCUT2D eigenvalue weighted by atomic mass is 10.1. The fraction of sp³-hybridized carbons (Fsp3) is 0.0909. The van der Waals surface area contributed by atoms with E-state index in [1.807, 2.05) is 18.2 Å². The summed E-state index contributed by atoms with van der Waals surface area (Å²) in [5.41, 5.74) is 8.02. The van der Waals surface area contributed by atoms with Crippen LogP contribution in [0.25, 0.3) is 0 Å². The third kappa shape index (κ3) is 6.07. The second-order valence-electron chi connectivity index (χ2n) is 6.08. The van der Waals surface area contributed by atoms with Crippen molar-refractivity contribution in [2.45, 2.75) is 6.61 Å². The van der Waals surface area contributed by atoms with Crippen molar-refractivity contribution in [1.29, 1.82) is 0 Å². The maximum atomic E-state index is 13.6. The SMILES string of the molecule is N/C(=N\OCC(=O)Nc1ccccc1)c1ccc(COc2ccccc2F)cc1. The Hall–Kier alpha value is -3.87. The van der Waals surface area contributed by atoms with Crippen LogP contribution in [0, 0.1) is 5.82 Å². The van der Waals surface area contributed by atoms with Gasteiger partial charge >= 0.3 is 0 Å². The summed E-state index contributed by atoms with van der Waals surface area (Å²) in [6.45, 7) is -0.0431. The fourth-order valence-electron chi connectivity index (χ4n) is 2.43. The second kappa shape index (κ2) is 9.89. The number of amidine groups is 1. The third-order valence-corrected chi connectivity index (χ3v) is 3.90. The summed E-state index contributed by atoms with van der Waals surface area (Å²) in [5.74, 6) is -0.416. The third-order valence-electron chi connectivity index (χ3n) is 3.90. The van der Waals surface area contributed by atoms with E-state index in [1.165, 1.54) is 6.07 Å². The standard InChI is InChI=1S/C22H20FN3O3/c23-19-8-4-5-9-20(19)28-14-16-10-12-17(13-11-16)22(24)26-29-15-21(27)25-18-6-2-1-3-7-18/h1-13H,14-15H2,(H2,24,26)(H,25,27). The van der Waals surface area contributed by atoms with Gasteiger partial charge in [-0.25, -0.2) is 4.39 Å². The number of rotatable bonds is 8. The number of ether oxygens (including phenoxy) is 1. The summed E-state index contributed by atoms with van der Waals surface area (Å²) in [4.78, 5) is 16.8. The number of nitrogens with one attached hydrogen (secondary N) is 1. The predicted octanol–water partition coefficient (Wildman–Crippen LogP) is 3.68. The van der Waals surface area contributed by atoms with Crippen LogP contribution < -0.4 is 15.8 Å². The molecule has 0 aliphatic heterocycles. The second-order valence-corrected chi connectivity index (χ2v) is 6.08. The van der Waals surface area contributed by atoms with Gasteiger partial charge in [0.25, 0.3) is 5.91 Å². The summed E-state index contributed by atoms with van der Waals surface area (Å²) in [5, 5.41) is 6.44. The van der Waals surface area contributed by atoms with Gasteiger partial charge in [-0.15, -0.1) is 0 Å². The Morgan fingerprint density at radius 1 is 0.966 bits per heavy atom. The number of para-hydroxylation sites is 2. The molecule has 29 heavy (non-hydrogen) atoms.